The summed E-state index contributed by atoms with van der Waals surface area (Å²) in [4.78, 5) is 14.0. The van der Waals surface area contributed by atoms with Crippen molar-refractivity contribution in [1.29, 1.82) is 0 Å². The van der Waals surface area contributed by atoms with E-state index in [2.05, 4.69) is 4.90 Å². The molecule has 0 aliphatic carbocycles. The fourth-order valence-electron chi connectivity index (χ4n) is 6.41. The molecule has 2 aliphatic rings. The van der Waals surface area contributed by atoms with Crippen molar-refractivity contribution in [2.75, 3.05) is 19.6 Å². The molecule has 0 aromatic heterocycles. The molecule has 37 heavy (non-hydrogen) atoms. The Morgan fingerprint density at radius 2 is 1.76 bits per heavy atom. The Morgan fingerprint density at radius 1 is 1.08 bits per heavy atom. The smallest absolute Gasteiger partial charge is 0.123 e. The lowest BCUT2D eigenvalue weighted by Crippen LogP contribution is -2.63. The average Bonchev–Trinajstić information content (AvgIpc) is 2.99. The van der Waals surface area contributed by atoms with E-state index in [-0.39, 0.29) is 24.7 Å². The molecule has 8 heteroatoms. The van der Waals surface area contributed by atoms with Gasteiger partial charge in [-0.15, -0.1) is 0 Å². The van der Waals surface area contributed by atoms with Gasteiger partial charge >= 0.3 is 0 Å². The highest BCUT2D eigenvalue weighted by atomic mass is 35.5. The van der Waals surface area contributed by atoms with E-state index in [1.54, 1.807) is 24.3 Å². The van der Waals surface area contributed by atoms with Crippen LogP contribution in [0.1, 0.15) is 57.1 Å². The number of hydrogen-bond acceptors (Lipinski definition) is 6. The highest BCUT2D eigenvalue weighted by molar-refractivity contribution is 6.30. The lowest BCUT2D eigenvalue weighted by Gasteiger charge is -2.54. The van der Waals surface area contributed by atoms with Crippen LogP contribution in [0, 0.1) is 11.2 Å². The number of carbonyl (C=O) groups is 1. The van der Waals surface area contributed by atoms with E-state index in [4.69, 9.17) is 11.6 Å². The normalized spacial score (nSPS) is 30.0. The topological polar surface area (TPSA) is 84.2 Å². The predicted molar refractivity (Wildman–Crippen MR) is 141 cm³/mol. The number of hydroxylamine groups is 2. The molecule has 2 heterocycles. The molecule has 4 rings (SSSR count). The molecule has 0 spiro atoms. The molecule has 4 unspecified atom stereocenters. The van der Waals surface area contributed by atoms with Crippen LogP contribution in [0.25, 0.3) is 0 Å². The third kappa shape index (κ3) is 5.92. The first-order valence-electron chi connectivity index (χ1n) is 13.1. The third-order valence-corrected chi connectivity index (χ3v) is 8.83. The summed E-state index contributed by atoms with van der Waals surface area (Å²) in [5.41, 5.74) is -1.20. The number of nitrogens with zero attached hydrogens (tertiary/aromatic N) is 2. The van der Waals surface area contributed by atoms with Crippen LogP contribution in [0.5, 0.6) is 0 Å². The van der Waals surface area contributed by atoms with Gasteiger partial charge in [-0.2, -0.15) is 5.06 Å². The quantitative estimate of drug-likeness (QED) is 0.453. The number of carbonyl (C=O) groups excluding carboxylic acids is 1. The van der Waals surface area contributed by atoms with E-state index in [0.29, 0.717) is 50.3 Å². The second-order valence-electron chi connectivity index (χ2n) is 11.4. The maximum absolute atomic E-state index is 13.4. The summed E-state index contributed by atoms with van der Waals surface area (Å²) in [6, 6.07) is 12.6. The number of halogens is 2. The molecule has 0 amide bonds. The minimum atomic E-state index is -1.21. The number of aldehydes is 1. The fourth-order valence-corrected chi connectivity index (χ4v) is 6.53. The number of rotatable bonds is 7. The predicted octanol–water partition coefficient (Wildman–Crippen LogP) is 4.57. The number of aliphatic hydroxyl groups is 2. The van der Waals surface area contributed by atoms with Crippen molar-refractivity contribution in [2.45, 2.75) is 75.7 Å². The maximum Gasteiger partial charge on any atom is 0.123 e. The van der Waals surface area contributed by atoms with Crippen molar-refractivity contribution in [2.24, 2.45) is 5.41 Å². The Labute approximate surface area is 223 Å². The van der Waals surface area contributed by atoms with E-state index in [1.165, 1.54) is 17.2 Å². The van der Waals surface area contributed by atoms with Crippen molar-refractivity contribution in [1.82, 2.24) is 9.96 Å². The molecule has 0 bridgehead atoms. The van der Waals surface area contributed by atoms with Gasteiger partial charge in [-0.25, -0.2) is 4.39 Å². The van der Waals surface area contributed by atoms with Crippen molar-refractivity contribution in [3.8, 4) is 0 Å². The third-order valence-electron chi connectivity index (χ3n) is 8.57. The summed E-state index contributed by atoms with van der Waals surface area (Å²) in [7, 11) is 0. The Morgan fingerprint density at radius 3 is 2.38 bits per heavy atom. The van der Waals surface area contributed by atoms with Gasteiger partial charge in [-0.3, -0.25) is 4.90 Å². The van der Waals surface area contributed by atoms with Gasteiger partial charge in [0.2, 0.25) is 0 Å². The van der Waals surface area contributed by atoms with Crippen LogP contribution in [-0.2, 0) is 16.8 Å². The van der Waals surface area contributed by atoms with Crippen molar-refractivity contribution in [3.63, 3.8) is 0 Å². The molecule has 4 atom stereocenters. The van der Waals surface area contributed by atoms with E-state index < -0.39 is 22.7 Å². The summed E-state index contributed by atoms with van der Waals surface area (Å²) in [5.74, 6) is -0.320. The zero-order valence-corrected chi connectivity index (χ0v) is 22.4. The van der Waals surface area contributed by atoms with E-state index in [9.17, 15) is 24.6 Å². The summed E-state index contributed by atoms with van der Waals surface area (Å²) >= 11 is 6.07. The largest absolute Gasteiger partial charge is 0.388 e. The molecule has 6 nitrogen and oxygen atoms in total. The number of likely N-dealkylation sites (tertiary alicyclic amines) is 1. The van der Waals surface area contributed by atoms with Crippen molar-refractivity contribution >= 4 is 17.9 Å². The van der Waals surface area contributed by atoms with Gasteiger partial charge in [-0.05, 0) is 67.5 Å². The molecule has 3 N–H and O–H groups in total. The first-order chi connectivity index (χ1) is 17.5. The zero-order chi connectivity index (χ0) is 26.8. The van der Waals surface area contributed by atoms with Gasteiger partial charge in [0.15, 0.2) is 0 Å². The van der Waals surface area contributed by atoms with Crippen molar-refractivity contribution in [3.05, 3.63) is 70.5 Å². The Kier molecular flexibility index (Phi) is 8.43. The summed E-state index contributed by atoms with van der Waals surface area (Å²) < 4.78 is 13.4. The van der Waals surface area contributed by atoms with Crippen LogP contribution in [-0.4, -0.2) is 69.0 Å². The van der Waals surface area contributed by atoms with Gasteiger partial charge in [0.05, 0.1) is 11.2 Å². The highest BCUT2D eigenvalue weighted by Gasteiger charge is 2.52. The molecule has 2 saturated heterocycles. The molecule has 0 radical (unpaired) electrons. The molecule has 202 valence electrons. The summed E-state index contributed by atoms with van der Waals surface area (Å²) in [6.07, 6.45) is 3.20. The molecule has 0 saturated carbocycles. The van der Waals surface area contributed by atoms with E-state index in [1.807, 2.05) is 26.0 Å². The number of piperidine rings is 1. The lowest BCUT2D eigenvalue weighted by molar-refractivity contribution is -0.164. The Hall–Kier alpha value is -1.87. The van der Waals surface area contributed by atoms with Gasteiger partial charge in [0.25, 0.3) is 0 Å². The van der Waals surface area contributed by atoms with Gasteiger partial charge < -0.3 is 20.2 Å². The molecule has 2 aromatic carbocycles. The van der Waals surface area contributed by atoms with E-state index in [0.717, 1.165) is 17.4 Å². The molecule has 2 fully saturated rings. The minimum Gasteiger partial charge on any atom is -0.388 e. The van der Waals surface area contributed by atoms with Crippen LogP contribution in [0.15, 0.2) is 48.5 Å². The standard InChI is InChI=1S/C29H38ClFN2O4/c1-27(2)20-32(16-14-29(27,36)22-6-8-23(30)9-7-22)26(12-17-34)28(35)13-3-15-33(37)25(19-28)18-21-4-10-24(31)11-5-21/h4-11,17,25-26,35-37H,3,12-16,18-20H2,1-2H3. The van der Waals surface area contributed by atoms with Gasteiger partial charge in [0, 0.05) is 48.6 Å². The number of benzene rings is 2. The van der Waals surface area contributed by atoms with Gasteiger partial charge in [-0.1, -0.05) is 49.7 Å². The summed E-state index contributed by atoms with van der Waals surface area (Å²) in [5, 5.41) is 36.5. The van der Waals surface area contributed by atoms with Crippen LogP contribution in [0.3, 0.4) is 0 Å². The minimum absolute atomic E-state index is 0.153. The van der Waals surface area contributed by atoms with Crippen molar-refractivity contribution < 1.29 is 24.6 Å². The average molecular weight is 533 g/mol. The van der Waals surface area contributed by atoms with Crippen LogP contribution in [0.4, 0.5) is 4.39 Å². The fraction of sp³-hybridized carbons (Fsp3) is 0.552. The molecular weight excluding hydrogens is 495 g/mol. The monoisotopic (exact) mass is 532 g/mol. The highest BCUT2D eigenvalue weighted by Crippen LogP contribution is 2.48. The SMILES string of the molecule is CC1(C)CN(C(CC=O)C2(O)CCCN(O)C(Cc3ccc(F)cc3)C2)CCC1(O)c1ccc(Cl)cc1. The first-order valence-corrected chi connectivity index (χ1v) is 13.4. The second-order valence-corrected chi connectivity index (χ2v) is 11.9. The first kappa shape index (κ1) is 28.1. The molecule has 2 aromatic rings. The van der Waals surface area contributed by atoms with Crippen LogP contribution < -0.4 is 0 Å². The lowest BCUT2D eigenvalue weighted by atomic mass is 9.65. The zero-order valence-electron chi connectivity index (χ0n) is 21.6. The second kappa shape index (κ2) is 11.1. The number of hydrogen-bond donors (Lipinski definition) is 3. The molecule has 2 aliphatic heterocycles. The Bertz CT molecular complexity index is 1070. The maximum atomic E-state index is 13.4. The van der Waals surface area contributed by atoms with Crippen LogP contribution >= 0.6 is 11.6 Å². The van der Waals surface area contributed by atoms with Crippen LogP contribution in [0.2, 0.25) is 5.02 Å². The van der Waals surface area contributed by atoms with Gasteiger partial charge in [0.1, 0.15) is 12.1 Å². The summed E-state index contributed by atoms with van der Waals surface area (Å²) in [6.45, 7) is 5.42. The van der Waals surface area contributed by atoms with E-state index >= 15 is 0 Å². The Balaban J connectivity index is 1.57. The molecular formula is C29H38ClFN2O4.